The van der Waals surface area contributed by atoms with Crippen LogP contribution >= 0.6 is 7.49 Å². The quantitative estimate of drug-likeness (QED) is 0.539. The minimum Gasteiger partial charge on any atom is -0.303 e. The molecule has 2 nitrogen and oxygen atoms in total. The molecule has 0 fully saturated rings. The Morgan fingerprint density at radius 1 is 0.944 bits per heavy atom. The van der Waals surface area contributed by atoms with Gasteiger partial charge in [0, 0.05) is 20.4 Å². The zero-order valence-electron chi connectivity index (χ0n) is 11.4. The first-order chi connectivity index (χ1) is 7.46. The summed E-state index contributed by atoms with van der Waals surface area (Å²) in [4.78, 5) is 11.1. The van der Waals surface area contributed by atoms with Crippen molar-refractivity contribution in [1.82, 2.24) is 0 Å². The van der Waals surface area contributed by atoms with Crippen LogP contribution in [0.3, 0.4) is 0 Å². The molecule has 0 saturated carbocycles. The number of carbonyl (C=O) groups is 1. The number of hydrogen-bond acceptors (Lipinski definition) is 2. The van der Waals surface area contributed by atoms with Crippen LogP contribution in [-0.2, 0) is 29.7 Å². The van der Waals surface area contributed by atoms with Gasteiger partial charge < -0.3 is 4.52 Å². The van der Waals surface area contributed by atoms with Crippen molar-refractivity contribution in [3.8, 4) is 0 Å². The van der Waals surface area contributed by atoms with Gasteiger partial charge in [-0.3, -0.25) is 0 Å². The first-order valence-electron chi connectivity index (χ1n) is 5.65. The fraction of sp³-hybridized carbons (Fsp3) is 0.909. The van der Waals surface area contributed by atoms with Crippen molar-refractivity contribution in [3.05, 3.63) is 0 Å². The second kappa shape index (κ2) is 7.22. The zero-order chi connectivity index (χ0) is 14.0. The summed E-state index contributed by atoms with van der Waals surface area (Å²) in [5.74, 6) is -2.05. The molecule has 0 heterocycles. The summed E-state index contributed by atoms with van der Waals surface area (Å²) >= 11 is 0. The predicted octanol–water partition coefficient (Wildman–Crippen LogP) is 4.25. The summed E-state index contributed by atoms with van der Waals surface area (Å²) in [6.45, 7) is 10.9. The molecule has 0 rings (SSSR count). The minimum absolute atomic E-state index is 0. The van der Waals surface area contributed by atoms with Gasteiger partial charge in [0.2, 0.25) is 7.49 Å². The Bertz CT molecular complexity index is 256. The molecule has 7 heteroatoms. The maximum Gasteiger partial charge on any atom is 0.495 e. The molecule has 0 atom stereocenters. The molecule has 0 N–H and O–H groups in total. The van der Waals surface area contributed by atoms with E-state index in [0.29, 0.717) is 0 Å². The molecule has 0 unspecified atom stereocenters. The van der Waals surface area contributed by atoms with Gasteiger partial charge in [-0.05, 0) is 41.5 Å². The van der Waals surface area contributed by atoms with E-state index < -0.39 is 19.6 Å². The topological polar surface area (TPSA) is 26.3 Å². The molecular formula is C11H21F3O2PPd+. The Morgan fingerprint density at radius 2 is 1.22 bits per heavy atom. The third-order valence-electron chi connectivity index (χ3n) is 2.89. The van der Waals surface area contributed by atoms with Crippen LogP contribution in [0.2, 0.25) is 0 Å². The Kier molecular flexibility index (Phi) is 8.29. The fourth-order valence-electron chi connectivity index (χ4n) is 2.30. The van der Waals surface area contributed by atoms with Crippen molar-refractivity contribution in [2.75, 3.05) is 0 Å². The number of rotatable bonds is 4. The second-order valence-corrected chi connectivity index (χ2v) is 9.73. The predicted molar refractivity (Wildman–Crippen MR) is 64.5 cm³/mol. The molecule has 0 aliphatic heterocycles. The van der Waals surface area contributed by atoms with Crippen LogP contribution in [0, 0.1) is 0 Å². The van der Waals surface area contributed by atoms with Crippen molar-refractivity contribution < 1.29 is 42.9 Å². The molecule has 112 valence electrons. The summed E-state index contributed by atoms with van der Waals surface area (Å²) < 4.78 is 41.9. The number of halogens is 3. The third-order valence-corrected chi connectivity index (χ3v) is 8.22. The van der Waals surface area contributed by atoms with Gasteiger partial charge in [-0.25, -0.2) is 4.79 Å². The van der Waals surface area contributed by atoms with E-state index in [4.69, 9.17) is 4.52 Å². The van der Waals surface area contributed by atoms with Gasteiger partial charge in [-0.1, -0.05) is 0 Å². The number of alkyl halides is 3. The molecular weight excluding hydrogens is 359 g/mol. The first kappa shape index (κ1) is 20.7. The van der Waals surface area contributed by atoms with Crippen molar-refractivity contribution in [2.24, 2.45) is 0 Å². The average Bonchev–Trinajstić information content (AvgIpc) is 2.09. The van der Waals surface area contributed by atoms with E-state index in [1.54, 1.807) is 0 Å². The molecule has 0 radical (unpaired) electrons. The first-order valence-corrected chi connectivity index (χ1v) is 7.56. The van der Waals surface area contributed by atoms with Crippen molar-refractivity contribution >= 4 is 13.5 Å². The van der Waals surface area contributed by atoms with Gasteiger partial charge in [0.1, 0.15) is 0 Å². The molecule has 0 aromatic heterocycles. The van der Waals surface area contributed by atoms with Gasteiger partial charge in [0.05, 0.1) is 17.0 Å². The maximum absolute atomic E-state index is 12.3. The molecule has 0 bridgehead atoms. The van der Waals surface area contributed by atoms with Crippen LogP contribution in [0.4, 0.5) is 13.2 Å². The van der Waals surface area contributed by atoms with E-state index in [1.165, 1.54) is 0 Å². The van der Waals surface area contributed by atoms with Gasteiger partial charge in [-0.15, -0.1) is 0 Å². The normalized spacial score (nSPS) is 12.9. The van der Waals surface area contributed by atoms with Crippen LogP contribution < -0.4 is 0 Å². The average molecular weight is 380 g/mol. The third kappa shape index (κ3) is 4.47. The second-order valence-electron chi connectivity index (χ2n) is 4.92. The summed E-state index contributed by atoms with van der Waals surface area (Å²) in [7, 11) is -2.43. The van der Waals surface area contributed by atoms with Gasteiger partial charge >= 0.3 is 12.1 Å². The standard InChI is InChI=1S/C11H21F3O2P.Pd/c1-7(2)17(8(3)4,9(5)6)16-10(15)11(12,13)14;/h7-9H,1-6H3;/q+1;. The number of carbonyl (C=O) groups excluding carboxylic acids is 1. The van der Waals surface area contributed by atoms with Crippen molar-refractivity contribution in [1.29, 1.82) is 0 Å². The molecule has 0 aromatic carbocycles. The van der Waals surface area contributed by atoms with Gasteiger partial charge in [0.15, 0.2) is 0 Å². The van der Waals surface area contributed by atoms with Crippen LogP contribution in [-0.4, -0.2) is 29.1 Å². The largest absolute Gasteiger partial charge is 0.495 e. The summed E-state index contributed by atoms with van der Waals surface area (Å²) in [6, 6.07) is 0. The van der Waals surface area contributed by atoms with E-state index in [9.17, 15) is 18.0 Å². The molecule has 0 amide bonds. The van der Waals surface area contributed by atoms with E-state index in [0.717, 1.165) is 0 Å². The van der Waals surface area contributed by atoms with Gasteiger partial charge in [-0.2, -0.15) is 13.2 Å². The van der Waals surface area contributed by atoms with E-state index in [-0.39, 0.29) is 37.4 Å². The molecule has 0 spiro atoms. The molecule has 0 aliphatic rings. The molecule has 0 saturated heterocycles. The monoisotopic (exact) mass is 379 g/mol. The van der Waals surface area contributed by atoms with Crippen LogP contribution in [0.15, 0.2) is 0 Å². The summed E-state index contributed by atoms with van der Waals surface area (Å²) in [5.41, 5.74) is -0.226. The SMILES string of the molecule is CC(C)[P+](OC(=O)C(F)(F)F)(C(C)C)C(C)C.[Pd]. The molecule has 0 aromatic rings. The zero-order valence-corrected chi connectivity index (χ0v) is 13.9. The maximum atomic E-state index is 12.3. The van der Waals surface area contributed by atoms with Crippen LogP contribution in [0.25, 0.3) is 0 Å². The molecule has 0 aliphatic carbocycles. The van der Waals surface area contributed by atoms with E-state index in [1.807, 2.05) is 41.5 Å². The summed E-state index contributed by atoms with van der Waals surface area (Å²) in [5, 5.41) is 0. The smallest absolute Gasteiger partial charge is 0.303 e. The van der Waals surface area contributed by atoms with Gasteiger partial charge in [0.25, 0.3) is 0 Å². The van der Waals surface area contributed by atoms with Crippen LogP contribution in [0.5, 0.6) is 0 Å². The number of hydrogen-bond donors (Lipinski definition) is 0. The Hall–Kier alpha value is 0.352. The van der Waals surface area contributed by atoms with Crippen molar-refractivity contribution in [2.45, 2.75) is 64.7 Å². The Labute approximate surface area is 121 Å². The molecule has 18 heavy (non-hydrogen) atoms. The van der Waals surface area contributed by atoms with E-state index in [2.05, 4.69) is 0 Å². The fourth-order valence-corrected chi connectivity index (χ4v) is 6.90. The van der Waals surface area contributed by atoms with E-state index >= 15 is 0 Å². The minimum atomic E-state index is -4.91. The van der Waals surface area contributed by atoms with Crippen molar-refractivity contribution in [3.63, 3.8) is 0 Å². The summed E-state index contributed by atoms with van der Waals surface area (Å²) in [6.07, 6.45) is -4.91. The Balaban J connectivity index is 0. The van der Waals surface area contributed by atoms with Crippen LogP contribution in [0.1, 0.15) is 41.5 Å². The Morgan fingerprint density at radius 3 is 1.39 bits per heavy atom.